The minimum absolute atomic E-state index is 0.906. The summed E-state index contributed by atoms with van der Waals surface area (Å²) in [4.78, 5) is 11.3. The van der Waals surface area contributed by atoms with Crippen LogP contribution in [-0.4, -0.2) is 9.97 Å². The van der Waals surface area contributed by atoms with E-state index in [0.717, 1.165) is 69.7 Å². The molecule has 2 rings (SSSR count). The predicted molar refractivity (Wildman–Crippen MR) is 96.3 cm³/mol. The molecule has 0 radical (unpaired) electrons. The van der Waals surface area contributed by atoms with Gasteiger partial charge in [0.25, 0.3) is 0 Å². The largest absolute Gasteiger partial charge is 0.237 e. The molecule has 0 atom stereocenters. The highest BCUT2D eigenvalue weighted by molar-refractivity contribution is 7.22. The van der Waals surface area contributed by atoms with E-state index in [1.54, 1.807) is 22.7 Å². The molecule has 114 valence electrons. The topological polar surface area (TPSA) is 25.8 Å². The molecule has 0 aliphatic rings. The van der Waals surface area contributed by atoms with Gasteiger partial charge in [-0.05, 0) is 25.7 Å². The normalized spacial score (nSPS) is 10.4. The highest BCUT2D eigenvalue weighted by Crippen LogP contribution is 2.33. The summed E-state index contributed by atoms with van der Waals surface area (Å²) in [6.45, 7) is 4.34. The fourth-order valence-electron chi connectivity index (χ4n) is 2.14. The van der Waals surface area contributed by atoms with Crippen molar-refractivity contribution in [1.29, 1.82) is 0 Å². The van der Waals surface area contributed by atoms with Crippen molar-refractivity contribution in [3.63, 3.8) is 0 Å². The Morgan fingerprint density at radius 2 is 1.23 bits per heavy atom. The van der Waals surface area contributed by atoms with Crippen molar-refractivity contribution in [1.82, 2.24) is 9.97 Å². The van der Waals surface area contributed by atoms with Gasteiger partial charge in [0.1, 0.15) is 9.75 Å². The van der Waals surface area contributed by atoms with Gasteiger partial charge in [0.15, 0.2) is 10.0 Å². The third-order valence-electron chi connectivity index (χ3n) is 3.37. The third kappa shape index (κ3) is 3.77. The van der Waals surface area contributed by atoms with Crippen LogP contribution in [0.5, 0.6) is 0 Å². The van der Waals surface area contributed by atoms with E-state index in [2.05, 4.69) is 25.7 Å². The first kappa shape index (κ1) is 16.7. The van der Waals surface area contributed by atoms with Crippen molar-refractivity contribution >= 4 is 22.7 Å². The Hall–Kier alpha value is -1.62. The van der Waals surface area contributed by atoms with Gasteiger partial charge in [-0.1, -0.05) is 38.5 Å². The molecular weight excluding hydrogens is 308 g/mol. The quantitative estimate of drug-likeness (QED) is 0.675. The van der Waals surface area contributed by atoms with Gasteiger partial charge in [-0.2, -0.15) is 0 Å². The Kier molecular flexibility index (Phi) is 6.19. The van der Waals surface area contributed by atoms with E-state index < -0.39 is 0 Å². The second-order valence-corrected chi connectivity index (χ2v) is 7.08. The van der Waals surface area contributed by atoms with Crippen molar-refractivity contribution in [3.8, 4) is 34.7 Å². The smallest absolute Gasteiger partial charge is 0.153 e. The van der Waals surface area contributed by atoms with Gasteiger partial charge in [-0.15, -0.1) is 35.5 Å². The van der Waals surface area contributed by atoms with E-state index in [-0.39, 0.29) is 0 Å². The summed E-state index contributed by atoms with van der Waals surface area (Å²) in [5, 5.41) is 1.81. The molecule has 0 saturated heterocycles. The van der Waals surface area contributed by atoms with Gasteiger partial charge in [-0.25, -0.2) is 9.97 Å². The lowest BCUT2D eigenvalue weighted by atomic mass is 10.2. The molecule has 0 fully saturated rings. The van der Waals surface area contributed by atoms with E-state index in [4.69, 9.17) is 22.8 Å². The number of terminal acetylenes is 2. The Balaban J connectivity index is 2.32. The average molecular weight is 329 g/mol. The van der Waals surface area contributed by atoms with Crippen molar-refractivity contribution in [2.75, 3.05) is 0 Å². The number of thiazole rings is 2. The minimum atomic E-state index is 0.906. The van der Waals surface area contributed by atoms with Crippen LogP contribution in [0.15, 0.2) is 0 Å². The number of hydrogen-bond acceptors (Lipinski definition) is 4. The first-order valence-corrected chi connectivity index (χ1v) is 9.29. The van der Waals surface area contributed by atoms with Gasteiger partial charge in [0.2, 0.25) is 0 Å². The first-order chi connectivity index (χ1) is 10.7. The van der Waals surface area contributed by atoms with Crippen LogP contribution in [0.3, 0.4) is 0 Å². The summed E-state index contributed by atoms with van der Waals surface area (Å²) >= 11 is 3.10. The number of aromatic nitrogens is 2. The predicted octanol–water partition coefficient (Wildman–Crippen LogP) is 4.91. The molecule has 22 heavy (non-hydrogen) atoms. The Morgan fingerprint density at radius 1 is 0.818 bits per heavy atom. The average Bonchev–Trinajstić information content (AvgIpc) is 3.14. The van der Waals surface area contributed by atoms with Crippen LogP contribution in [0.1, 0.15) is 60.7 Å². The molecular formula is C18H20N2S2. The lowest BCUT2D eigenvalue weighted by molar-refractivity contribution is 0.778. The molecule has 4 heteroatoms. The van der Waals surface area contributed by atoms with E-state index in [1.165, 1.54) is 0 Å². The van der Waals surface area contributed by atoms with E-state index in [1.807, 2.05) is 0 Å². The summed E-state index contributed by atoms with van der Waals surface area (Å²) in [5.74, 6) is 5.51. The molecule has 0 aliphatic carbocycles. The summed E-state index contributed by atoms with van der Waals surface area (Å²) < 4.78 is 0. The summed E-state index contributed by atoms with van der Waals surface area (Å²) in [6.07, 6.45) is 17.6. The molecule has 2 nitrogen and oxygen atoms in total. The molecule has 2 aromatic heterocycles. The van der Waals surface area contributed by atoms with Crippen molar-refractivity contribution in [3.05, 3.63) is 21.1 Å². The number of rotatable bonds is 7. The van der Waals surface area contributed by atoms with E-state index in [9.17, 15) is 0 Å². The Morgan fingerprint density at radius 3 is 1.55 bits per heavy atom. The zero-order chi connectivity index (χ0) is 15.9. The summed E-state index contributed by atoms with van der Waals surface area (Å²) in [5.41, 5.74) is 2.05. The molecule has 2 aromatic rings. The van der Waals surface area contributed by atoms with E-state index >= 15 is 0 Å². The van der Waals surface area contributed by atoms with Crippen molar-refractivity contribution in [2.24, 2.45) is 0 Å². The van der Waals surface area contributed by atoms with Crippen LogP contribution < -0.4 is 0 Å². The summed E-state index contributed by atoms with van der Waals surface area (Å²) in [7, 11) is 0. The molecule has 0 aromatic carbocycles. The zero-order valence-corrected chi connectivity index (χ0v) is 14.7. The van der Waals surface area contributed by atoms with Gasteiger partial charge < -0.3 is 0 Å². The van der Waals surface area contributed by atoms with Crippen LogP contribution in [-0.2, 0) is 12.8 Å². The molecule has 2 heterocycles. The van der Waals surface area contributed by atoms with Crippen molar-refractivity contribution < 1.29 is 0 Å². The summed E-state index contributed by atoms with van der Waals surface area (Å²) in [6, 6.07) is 0. The standard InChI is InChI=1S/C18H20N2S2/c1-5-9-11-13-15(7-3)21-17(19-13)18-20-14(12-10-6-2)16(8-4)22-18/h3-4H,5-6,9-12H2,1-2H3. The highest BCUT2D eigenvalue weighted by Gasteiger charge is 2.16. The zero-order valence-electron chi connectivity index (χ0n) is 13.1. The monoisotopic (exact) mass is 328 g/mol. The number of nitrogens with zero attached hydrogens (tertiary/aromatic N) is 2. The molecule has 0 unspecified atom stereocenters. The molecule has 0 saturated carbocycles. The third-order valence-corrected chi connectivity index (χ3v) is 5.57. The number of hydrogen-bond donors (Lipinski definition) is 0. The van der Waals surface area contributed by atoms with Crippen LogP contribution in [0.25, 0.3) is 10.0 Å². The second kappa shape index (κ2) is 8.13. The molecule has 0 aliphatic heterocycles. The molecule has 0 spiro atoms. The number of unbranched alkanes of at least 4 members (excludes halogenated alkanes) is 2. The molecule has 0 amide bonds. The van der Waals surface area contributed by atoms with Crippen LogP contribution in [0.2, 0.25) is 0 Å². The van der Waals surface area contributed by atoms with Gasteiger partial charge in [0, 0.05) is 0 Å². The molecule has 0 N–H and O–H groups in total. The van der Waals surface area contributed by atoms with Crippen LogP contribution in [0, 0.1) is 24.7 Å². The maximum absolute atomic E-state index is 5.61. The SMILES string of the molecule is C#Cc1sc(-c2nc(CCCC)c(C#C)s2)nc1CCCC. The Labute approximate surface area is 141 Å². The fraction of sp³-hybridized carbons (Fsp3) is 0.444. The maximum atomic E-state index is 5.61. The minimum Gasteiger partial charge on any atom is -0.237 e. The van der Waals surface area contributed by atoms with Gasteiger partial charge in [0.05, 0.1) is 11.4 Å². The molecule has 0 bridgehead atoms. The van der Waals surface area contributed by atoms with Crippen molar-refractivity contribution in [2.45, 2.75) is 52.4 Å². The maximum Gasteiger partial charge on any atom is 0.153 e. The van der Waals surface area contributed by atoms with Gasteiger partial charge in [-0.3, -0.25) is 0 Å². The lowest BCUT2D eigenvalue weighted by Gasteiger charge is -1.94. The van der Waals surface area contributed by atoms with Crippen LogP contribution >= 0.6 is 22.7 Å². The second-order valence-electron chi connectivity index (χ2n) is 5.09. The Bertz CT molecular complexity index is 648. The first-order valence-electron chi connectivity index (χ1n) is 7.66. The fourth-order valence-corrected chi connectivity index (χ4v) is 4.00. The number of aryl methyl sites for hydroxylation is 2. The lowest BCUT2D eigenvalue weighted by Crippen LogP contribution is -1.89. The highest BCUT2D eigenvalue weighted by atomic mass is 32.1. The van der Waals surface area contributed by atoms with E-state index in [0.29, 0.717) is 0 Å². The van der Waals surface area contributed by atoms with Crippen LogP contribution in [0.4, 0.5) is 0 Å². The van der Waals surface area contributed by atoms with Gasteiger partial charge >= 0.3 is 0 Å².